The third-order valence-corrected chi connectivity index (χ3v) is 5.02. The van der Waals surface area contributed by atoms with Gasteiger partial charge >= 0.3 is 6.18 Å². The molecule has 1 aromatic heterocycles. The standard InChI is InChI=1S/C22H19F3N4O3/c1-13-26-20(32-27-13)19-11-16(28-31-2)12-29(19)21(30)15-9-7-14(8-10-15)17-5-3-4-6-18(17)22(23,24)25/h3-10,12,19,28H,11H2,1-2H3. The number of hydrogen-bond acceptors (Lipinski definition) is 6. The fraction of sp³-hybridized carbons (Fsp3) is 0.227. The summed E-state index contributed by atoms with van der Waals surface area (Å²) in [5.41, 5.74) is 3.32. The highest BCUT2D eigenvalue weighted by Crippen LogP contribution is 2.37. The molecule has 2 heterocycles. The Bertz CT molecular complexity index is 1160. The van der Waals surface area contributed by atoms with E-state index >= 15 is 0 Å². The summed E-state index contributed by atoms with van der Waals surface area (Å²) >= 11 is 0. The van der Waals surface area contributed by atoms with Gasteiger partial charge < -0.3 is 9.42 Å². The van der Waals surface area contributed by atoms with Gasteiger partial charge in [-0.05, 0) is 36.2 Å². The van der Waals surface area contributed by atoms with Gasteiger partial charge in [0.25, 0.3) is 5.91 Å². The number of aromatic nitrogens is 2. The quantitative estimate of drug-likeness (QED) is 0.578. The molecule has 0 fully saturated rings. The molecule has 3 aromatic rings. The Kier molecular flexibility index (Phi) is 5.70. The zero-order chi connectivity index (χ0) is 22.9. The Balaban J connectivity index is 1.63. The average Bonchev–Trinajstić information content (AvgIpc) is 3.39. The van der Waals surface area contributed by atoms with Gasteiger partial charge in [0.15, 0.2) is 5.82 Å². The Morgan fingerprint density at radius 2 is 1.91 bits per heavy atom. The minimum Gasteiger partial charge on any atom is -0.337 e. The first-order chi connectivity index (χ1) is 15.3. The van der Waals surface area contributed by atoms with Gasteiger partial charge in [0.05, 0.1) is 18.4 Å². The summed E-state index contributed by atoms with van der Waals surface area (Å²) in [6, 6.07) is 10.8. The number of nitrogens with one attached hydrogen (secondary N) is 1. The van der Waals surface area contributed by atoms with Crippen molar-refractivity contribution in [2.24, 2.45) is 0 Å². The van der Waals surface area contributed by atoms with Crippen molar-refractivity contribution in [2.75, 3.05) is 7.11 Å². The molecule has 1 aliphatic rings. The number of aryl methyl sites for hydroxylation is 1. The second-order valence-corrected chi connectivity index (χ2v) is 7.19. The van der Waals surface area contributed by atoms with E-state index in [0.29, 0.717) is 29.1 Å². The SMILES string of the molecule is CONC1=CN(C(=O)c2ccc(-c3ccccc3C(F)(F)F)cc2)C(c2nc(C)no2)C1. The maximum absolute atomic E-state index is 13.3. The number of alkyl halides is 3. The van der Waals surface area contributed by atoms with E-state index in [1.807, 2.05) is 0 Å². The lowest BCUT2D eigenvalue weighted by molar-refractivity contribution is -0.137. The molecule has 0 bridgehead atoms. The van der Waals surface area contributed by atoms with Crippen molar-refractivity contribution < 1.29 is 27.3 Å². The van der Waals surface area contributed by atoms with Crippen LogP contribution in [0.4, 0.5) is 13.2 Å². The molecule has 2 aromatic carbocycles. The molecule has 1 atom stereocenters. The van der Waals surface area contributed by atoms with Crippen LogP contribution in [0.25, 0.3) is 11.1 Å². The van der Waals surface area contributed by atoms with Gasteiger partial charge in [-0.3, -0.25) is 15.1 Å². The average molecular weight is 444 g/mol. The highest BCUT2D eigenvalue weighted by Gasteiger charge is 2.36. The first-order valence-corrected chi connectivity index (χ1v) is 9.67. The number of halogens is 3. The van der Waals surface area contributed by atoms with E-state index in [9.17, 15) is 18.0 Å². The Labute approximate surface area is 181 Å². The number of carbonyl (C=O) groups excluding carboxylic acids is 1. The lowest BCUT2D eigenvalue weighted by Crippen LogP contribution is -2.27. The van der Waals surface area contributed by atoms with Crippen LogP contribution in [0.1, 0.15) is 40.1 Å². The predicted octanol–water partition coefficient (Wildman–Crippen LogP) is 4.64. The van der Waals surface area contributed by atoms with E-state index < -0.39 is 17.8 Å². The largest absolute Gasteiger partial charge is 0.417 e. The molecular formula is C22H19F3N4O3. The number of carbonyl (C=O) groups is 1. The van der Waals surface area contributed by atoms with Crippen LogP contribution in [0, 0.1) is 6.92 Å². The van der Waals surface area contributed by atoms with Crippen LogP contribution in [-0.2, 0) is 11.0 Å². The molecule has 1 amide bonds. The van der Waals surface area contributed by atoms with Crippen LogP contribution >= 0.6 is 0 Å². The lowest BCUT2D eigenvalue weighted by atomic mass is 9.98. The second kappa shape index (κ2) is 8.46. The minimum atomic E-state index is -4.48. The maximum Gasteiger partial charge on any atom is 0.417 e. The normalized spacial score (nSPS) is 16.2. The van der Waals surface area contributed by atoms with Crippen LogP contribution in [0.2, 0.25) is 0 Å². The molecule has 1 aliphatic heterocycles. The van der Waals surface area contributed by atoms with Gasteiger partial charge in [0.1, 0.15) is 6.04 Å². The van der Waals surface area contributed by atoms with Gasteiger partial charge in [-0.25, -0.2) is 0 Å². The van der Waals surface area contributed by atoms with Crippen molar-refractivity contribution >= 4 is 5.91 Å². The molecular weight excluding hydrogens is 425 g/mol. The molecule has 0 radical (unpaired) electrons. The molecule has 7 nitrogen and oxygen atoms in total. The smallest absolute Gasteiger partial charge is 0.337 e. The molecule has 1 unspecified atom stereocenters. The van der Waals surface area contributed by atoms with Crippen molar-refractivity contribution in [3.63, 3.8) is 0 Å². The minimum absolute atomic E-state index is 0.0471. The topological polar surface area (TPSA) is 80.5 Å². The molecule has 10 heteroatoms. The fourth-order valence-corrected chi connectivity index (χ4v) is 3.59. The summed E-state index contributed by atoms with van der Waals surface area (Å²) < 4.78 is 45.3. The Hall–Kier alpha value is -3.66. The Morgan fingerprint density at radius 1 is 1.19 bits per heavy atom. The van der Waals surface area contributed by atoms with E-state index in [1.54, 1.807) is 19.2 Å². The zero-order valence-corrected chi connectivity index (χ0v) is 17.2. The maximum atomic E-state index is 13.3. The molecule has 0 saturated heterocycles. The van der Waals surface area contributed by atoms with Crippen LogP contribution in [-0.4, -0.2) is 28.1 Å². The third-order valence-electron chi connectivity index (χ3n) is 5.02. The van der Waals surface area contributed by atoms with Gasteiger partial charge in [-0.15, -0.1) is 0 Å². The van der Waals surface area contributed by atoms with Crippen molar-refractivity contribution in [2.45, 2.75) is 25.6 Å². The van der Waals surface area contributed by atoms with Gasteiger partial charge in [-0.2, -0.15) is 18.2 Å². The molecule has 166 valence electrons. The second-order valence-electron chi connectivity index (χ2n) is 7.19. The van der Waals surface area contributed by atoms with Gasteiger partial charge in [0.2, 0.25) is 5.89 Å². The fourth-order valence-electron chi connectivity index (χ4n) is 3.59. The van der Waals surface area contributed by atoms with E-state index in [4.69, 9.17) is 9.36 Å². The number of hydroxylamine groups is 1. The van der Waals surface area contributed by atoms with Crippen molar-refractivity contribution in [3.8, 4) is 11.1 Å². The predicted molar refractivity (Wildman–Crippen MR) is 108 cm³/mol. The van der Waals surface area contributed by atoms with E-state index in [0.717, 1.165) is 6.07 Å². The monoisotopic (exact) mass is 444 g/mol. The van der Waals surface area contributed by atoms with Crippen molar-refractivity contribution in [3.05, 3.63) is 83.3 Å². The number of nitrogens with zero attached hydrogens (tertiary/aromatic N) is 3. The summed E-state index contributed by atoms with van der Waals surface area (Å²) in [7, 11) is 1.45. The van der Waals surface area contributed by atoms with Crippen LogP contribution in [0.5, 0.6) is 0 Å². The highest BCUT2D eigenvalue weighted by molar-refractivity contribution is 5.96. The highest BCUT2D eigenvalue weighted by atomic mass is 19.4. The van der Waals surface area contributed by atoms with Crippen LogP contribution in [0.3, 0.4) is 0 Å². The van der Waals surface area contributed by atoms with Crippen LogP contribution in [0.15, 0.2) is 65.0 Å². The number of hydrogen-bond donors (Lipinski definition) is 1. The third kappa shape index (κ3) is 4.22. The summed E-state index contributed by atoms with van der Waals surface area (Å²) in [5, 5.41) is 3.78. The first-order valence-electron chi connectivity index (χ1n) is 9.67. The molecule has 32 heavy (non-hydrogen) atoms. The molecule has 0 saturated carbocycles. The summed E-state index contributed by atoms with van der Waals surface area (Å²) in [6.07, 6.45) is -2.52. The van der Waals surface area contributed by atoms with E-state index in [-0.39, 0.29) is 17.4 Å². The van der Waals surface area contributed by atoms with Gasteiger partial charge in [0, 0.05) is 18.2 Å². The first kappa shape index (κ1) is 21.6. The summed E-state index contributed by atoms with van der Waals surface area (Å²) in [4.78, 5) is 23.8. The van der Waals surface area contributed by atoms with Crippen molar-refractivity contribution in [1.29, 1.82) is 0 Å². The number of amides is 1. The molecule has 1 N–H and O–H groups in total. The molecule has 0 spiro atoms. The van der Waals surface area contributed by atoms with Crippen molar-refractivity contribution in [1.82, 2.24) is 20.5 Å². The zero-order valence-electron chi connectivity index (χ0n) is 17.2. The summed E-state index contributed by atoms with van der Waals surface area (Å²) in [6.45, 7) is 1.67. The Morgan fingerprint density at radius 3 is 2.53 bits per heavy atom. The number of rotatable bonds is 5. The lowest BCUT2D eigenvalue weighted by Gasteiger charge is -2.20. The van der Waals surface area contributed by atoms with E-state index in [1.165, 1.54) is 48.4 Å². The van der Waals surface area contributed by atoms with Gasteiger partial charge in [-0.1, -0.05) is 35.5 Å². The molecule has 0 aliphatic carbocycles. The molecule has 4 rings (SSSR count). The van der Waals surface area contributed by atoms with Crippen LogP contribution < -0.4 is 5.48 Å². The number of benzene rings is 2. The summed E-state index contributed by atoms with van der Waals surface area (Å²) in [5.74, 6) is 0.346. The van der Waals surface area contributed by atoms with E-state index in [2.05, 4.69) is 15.6 Å².